The van der Waals surface area contributed by atoms with Gasteiger partial charge in [0.05, 0.1) is 0 Å². The second-order valence-corrected chi connectivity index (χ2v) is 5.50. The number of amides is 1. The van der Waals surface area contributed by atoms with E-state index >= 15 is 0 Å². The number of carbonyl (C=O) groups is 1. The summed E-state index contributed by atoms with van der Waals surface area (Å²) in [5.41, 5.74) is 3.40. The summed E-state index contributed by atoms with van der Waals surface area (Å²) in [5, 5.41) is 3.31. The fraction of sp³-hybridized carbons (Fsp3) is 0.200. The third-order valence-corrected chi connectivity index (χ3v) is 3.95. The molecule has 0 aliphatic carbocycles. The Kier molecular flexibility index (Phi) is 5.90. The Hall–Kier alpha value is -2.88. The van der Waals surface area contributed by atoms with E-state index in [4.69, 9.17) is 0 Å². The predicted octanol–water partition coefficient (Wildman–Crippen LogP) is 3.68. The predicted molar refractivity (Wildman–Crippen MR) is 98.9 cm³/mol. The molecule has 0 saturated heterocycles. The molecule has 1 N–H and O–H groups in total. The van der Waals surface area contributed by atoms with Crippen molar-refractivity contribution in [2.45, 2.75) is 13.8 Å². The summed E-state index contributed by atoms with van der Waals surface area (Å²) in [6.07, 6.45) is 0. The zero-order chi connectivity index (χ0) is 17.5. The van der Waals surface area contributed by atoms with Crippen LogP contribution in [0.25, 0.3) is 0 Å². The summed E-state index contributed by atoms with van der Waals surface area (Å²) in [5.74, 6) is 0.733. The summed E-state index contributed by atoms with van der Waals surface area (Å²) >= 11 is 0. The van der Waals surface area contributed by atoms with Crippen LogP contribution in [0.1, 0.15) is 29.8 Å². The summed E-state index contributed by atoms with van der Waals surface area (Å²) in [6, 6.07) is 19.2. The summed E-state index contributed by atoms with van der Waals surface area (Å²) in [6.45, 7) is 3.86. The summed E-state index contributed by atoms with van der Waals surface area (Å²) in [4.78, 5) is 18.5. The number of hydrogen-bond donors (Lipinski definition) is 1. The second kappa shape index (κ2) is 8.11. The van der Waals surface area contributed by atoms with Crippen LogP contribution < -0.4 is 5.32 Å². The smallest absolute Gasteiger partial charge is 0.257 e. The third-order valence-electron chi connectivity index (χ3n) is 3.95. The van der Waals surface area contributed by atoms with Crippen LogP contribution in [0.4, 0.5) is 0 Å². The number of hydrogen-bond acceptors (Lipinski definition) is 2. The first-order valence-electron chi connectivity index (χ1n) is 7.84. The first-order valence-corrected chi connectivity index (χ1v) is 7.84. The zero-order valence-electron chi connectivity index (χ0n) is 14.6. The largest absolute Gasteiger partial charge is 0.342 e. The van der Waals surface area contributed by atoms with Gasteiger partial charge in [0.15, 0.2) is 0 Å². The van der Waals surface area contributed by atoms with Crippen LogP contribution in [0.5, 0.6) is 0 Å². The lowest BCUT2D eigenvalue weighted by atomic mass is 10.2. The Labute approximate surface area is 143 Å². The molecule has 4 heteroatoms. The normalized spacial score (nSPS) is 12.4. The SMILES string of the molecule is CN=C(N/C(C)=C(/C)N(C)C(=O)c1ccccc1)c1ccccc1. The van der Waals surface area contributed by atoms with Crippen molar-refractivity contribution in [2.75, 3.05) is 14.1 Å². The van der Waals surface area contributed by atoms with Crippen molar-refractivity contribution < 1.29 is 4.79 Å². The van der Waals surface area contributed by atoms with E-state index in [0.29, 0.717) is 5.56 Å². The topological polar surface area (TPSA) is 44.7 Å². The molecule has 0 fully saturated rings. The van der Waals surface area contributed by atoms with Gasteiger partial charge < -0.3 is 10.2 Å². The molecule has 0 aliphatic rings. The van der Waals surface area contributed by atoms with Gasteiger partial charge in [0.1, 0.15) is 5.84 Å². The first kappa shape index (κ1) is 17.5. The lowest BCUT2D eigenvalue weighted by Crippen LogP contribution is -2.30. The van der Waals surface area contributed by atoms with Crippen molar-refractivity contribution in [3.05, 3.63) is 83.2 Å². The minimum atomic E-state index is -0.0380. The van der Waals surface area contributed by atoms with Crippen molar-refractivity contribution in [3.63, 3.8) is 0 Å². The van der Waals surface area contributed by atoms with E-state index in [2.05, 4.69) is 10.3 Å². The molecule has 0 saturated carbocycles. The van der Waals surface area contributed by atoms with Gasteiger partial charge in [-0.3, -0.25) is 9.79 Å². The lowest BCUT2D eigenvalue weighted by molar-refractivity contribution is 0.0835. The van der Waals surface area contributed by atoms with Gasteiger partial charge in [-0.15, -0.1) is 0 Å². The number of amidine groups is 1. The molecule has 124 valence electrons. The van der Waals surface area contributed by atoms with Gasteiger partial charge in [-0.25, -0.2) is 0 Å². The van der Waals surface area contributed by atoms with Crippen LogP contribution in [-0.4, -0.2) is 30.7 Å². The van der Waals surface area contributed by atoms with E-state index < -0.39 is 0 Å². The number of rotatable bonds is 4. The minimum absolute atomic E-state index is 0.0380. The van der Waals surface area contributed by atoms with Crippen molar-refractivity contribution in [1.29, 1.82) is 0 Å². The highest BCUT2D eigenvalue weighted by molar-refractivity contribution is 6.00. The highest BCUT2D eigenvalue weighted by Gasteiger charge is 2.15. The van der Waals surface area contributed by atoms with Gasteiger partial charge >= 0.3 is 0 Å². The maximum atomic E-state index is 12.5. The van der Waals surface area contributed by atoms with Crippen molar-refractivity contribution in [1.82, 2.24) is 10.2 Å². The third kappa shape index (κ3) is 4.10. The number of allylic oxidation sites excluding steroid dienone is 2. The Bertz CT molecular complexity index is 749. The Balaban J connectivity index is 2.19. The van der Waals surface area contributed by atoms with E-state index in [-0.39, 0.29) is 5.91 Å². The highest BCUT2D eigenvalue weighted by atomic mass is 16.2. The molecule has 4 nitrogen and oxygen atoms in total. The molecule has 0 aromatic heterocycles. The molecule has 1 amide bonds. The van der Waals surface area contributed by atoms with Gasteiger partial charge in [0, 0.05) is 36.6 Å². The monoisotopic (exact) mass is 321 g/mol. The number of carbonyl (C=O) groups excluding carboxylic acids is 1. The quantitative estimate of drug-likeness (QED) is 0.690. The van der Waals surface area contributed by atoms with Gasteiger partial charge in [-0.05, 0) is 26.0 Å². The van der Waals surface area contributed by atoms with Crippen LogP contribution in [0, 0.1) is 0 Å². The van der Waals surface area contributed by atoms with Crippen LogP contribution in [0.3, 0.4) is 0 Å². The van der Waals surface area contributed by atoms with Crippen LogP contribution in [0.15, 0.2) is 77.1 Å². The molecular formula is C20H23N3O. The van der Waals surface area contributed by atoms with Crippen LogP contribution in [-0.2, 0) is 0 Å². The molecular weight excluding hydrogens is 298 g/mol. The standard InChI is InChI=1S/C20H23N3O/c1-15(22-19(21-3)17-11-7-5-8-12-17)16(2)23(4)20(24)18-13-9-6-10-14-18/h5-14H,1-4H3,(H,21,22)/b16-15-. The van der Waals surface area contributed by atoms with E-state index in [9.17, 15) is 4.79 Å². The van der Waals surface area contributed by atoms with Crippen molar-refractivity contribution in [3.8, 4) is 0 Å². The molecule has 0 bridgehead atoms. The average Bonchev–Trinajstić information content (AvgIpc) is 2.65. The zero-order valence-corrected chi connectivity index (χ0v) is 14.6. The maximum Gasteiger partial charge on any atom is 0.257 e. The molecule has 0 aliphatic heterocycles. The molecule has 2 aromatic rings. The molecule has 2 aromatic carbocycles. The van der Waals surface area contributed by atoms with Gasteiger partial charge in [-0.1, -0.05) is 48.5 Å². The fourth-order valence-electron chi connectivity index (χ4n) is 2.30. The van der Waals surface area contributed by atoms with E-state index in [1.165, 1.54) is 0 Å². The Morgan fingerprint density at radius 2 is 1.42 bits per heavy atom. The first-order chi connectivity index (χ1) is 11.5. The van der Waals surface area contributed by atoms with Gasteiger partial charge in [0.2, 0.25) is 0 Å². The van der Waals surface area contributed by atoms with Crippen molar-refractivity contribution >= 4 is 11.7 Å². The molecule has 0 atom stereocenters. The molecule has 24 heavy (non-hydrogen) atoms. The summed E-state index contributed by atoms with van der Waals surface area (Å²) < 4.78 is 0. The molecule has 2 rings (SSSR count). The minimum Gasteiger partial charge on any atom is -0.342 e. The lowest BCUT2D eigenvalue weighted by Gasteiger charge is -2.21. The number of nitrogens with one attached hydrogen (secondary N) is 1. The van der Waals surface area contributed by atoms with E-state index in [0.717, 1.165) is 22.8 Å². The Morgan fingerprint density at radius 3 is 1.92 bits per heavy atom. The van der Waals surface area contributed by atoms with E-state index in [1.54, 1.807) is 19.0 Å². The number of aliphatic imine (C=N–C) groups is 1. The van der Waals surface area contributed by atoms with Crippen LogP contribution >= 0.6 is 0 Å². The molecule has 0 spiro atoms. The molecule has 0 radical (unpaired) electrons. The maximum absolute atomic E-state index is 12.5. The molecule has 0 unspecified atom stereocenters. The Morgan fingerprint density at radius 1 is 0.917 bits per heavy atom. The van der Waals surface area contributed by atoms with Crippen LogP contribution in [0.2, 0.25) is 0 Å². The number of nitrogens with zero attached hydrogens (tertiary/aromatic N) is 2. The van der Waals surface area contributed by atoms with E-state index in [1.807, 2.05) is 74.5 Å². The molecule has 0 heterocycles. The number of benzene rings is 2. The second-order valence-electron chi connectivity index (χ2n) is 5.50. The van der Waals surface area contributed by atoms with Gasteiger partial charge in [0.25, 0.3) is 5.91 Å². The summed E-state index contributed by atoms with van der Waals surface area (Å²) in [7, 11) is 3.53. The fourth-order valence-corrected chi connectivity index (χ4v) is 2.30. The van der Waals surface area contributed by atoms with Gasteiger partial charge in [-0.2, -0.15) is 0 Å². The van der Waals surface area contributed by atoms with Crippen molar-refractivity contribution in [2.24, 2.45) is 4.99 Å². The highest BCUT2D eigenvalue weighted by Crippen LogP contribution is 2.12. The average molecular weight is 321 g/mol.